The standard InChI is InChI=1S/C23H34N3OP/c1-18-9-13-20(14-10-18)17-22(23(27)21-15-11-19(2)12-16-21)28(24(3)4,25(5)6)26(7)8/h9-17,23H,1-8H3/b22-17+. The van der Waals surface area contributed by atoms with Gasteiger partial charge in [0.15, 0.2) is 0 Å². The summed E-state index contributed by atoms with van der Waals surface area (Å²) in [6.45, 7) is 4.12. The topological polar surface area (TPSA) is 32.8 Å². The molecular formula is C23H34N3OP. The molecule has 0 N–H and O–H groups in total. The monoisotopic (exact) mass is 399 g/mol. The fourth-order valence-corrected chi connectivity index (χ4v) is 8.15. The van der Waals surface area contributed by atoms with Crippen molar-refractivity contribution in [3.63, 3.8) is 0 Å². The molecule has 2 aromatic carbocycles. The Labute approximate surface area is 171 Å². The highest BCUT2D eigenvalue weighted by molar-refractivity contribution is 7.73. The lowest BCUT2D eigenvalue weighted by Crippen LogP contribution is -2.39. The smallest absolute Gasteiger partial charge is 0.255 e. The summed E-state index contributed by atoms with van der Waals surface area (Å²) < 4.78 is 6.64. The van der Waals surface area contributed by atoms with E-state index in [-0.39, 0.29) is 0 Å². The molecule has 28 heavy (non-hydrogen) atoms. The highest BCUT2D eigenvalue weighted by Gasteiger charge is 2.52. The Bertz CT molecular complexity index is 774. The largest absolute Gasteiger partial charge is 0.843 e. The molecule has 2 aromatic rings. The number of rotatable bonds is 7. The summed E-state index contributed by atoms with van der Waals surface area (Å²) in [5, 5.41) is 14.8. The van der Waals surface area contributed by atoms with E-state index in [2.05, 4.69) is 93.6 Å². The first-order chi connectivity index (χ1) is 13.1. The summed E-state index contributed by atoms with van der Waals surface area (Å²) >= 11 is 0. The van der Waals surface area contributed by atoms with E-state index in [0.29, 0.717) is 0 Å². The molecule has 0 aliphatic carbocycles. The van der Waals surface area contributed by atoms with Gasteiger partial charge < -0.3 is 5.11 Å². The minimum atomic E-state index is -2.18. The number of hydrogen-bond acceptors (Lipinski definition) is 4. The van der Waals surface area contributed by atoms with Gasteiger partial charge in [-0.1, -0.05) is 65.2 Å². The van der Waals surface area contributed by atoms with Gasteiger partial charge in [0.25, 0.3) is 7.71 Å². The minimum absolute atomic E-state index is 0.805. The van der Waals surface area contributed by atoms with Crippen LogP contribution >= 0.6 is 7.71 Å². The molecule has 0 amide bonds. The number of nitrogens with zero attached hydrogens (tertiary/aromatic N) is 3. The maximum absolute atomic E-state index is 13.9. The molecule has 0 saturated carbocycles. The van der Waals surface area contributed by atoms with Crippen molar-refractivity contribution < 1.29 is 5.11 Å². The van der Waals surface area contributed by atoms with Crippen molar-refractivity contribution in [1.82, 2.24) is 14.0 Å². The highest BCUT2D eigenvalue weighted by Crippen LogP contribution is 2.72. The van der Waals surface area contributed by atoms with Gasteiger partial charge in [-0.2, -0.15) is 14.0 Å². The SMILES string of the molecule is Cc1ccc(/C=C(\C([O-])c2ccc(C)cc2)[P+](N(C)C)(N(C)C)N(C)C)cc1. The van der Waals surface area contributed by atoms with E-state index in [1.165, 1.54) is 5.56 Å². The van der Waals surface area contributed by atoms with Gasteiger partial charge in [-0.15, -0.1) is 0 Å². The Hall–Kier alpha value is -1.55. The van der Waals surface area contributed by atoms with Crippen LogP contribution in [0.25, 0.3) is 6.08 Å². The van der Waals surface area contributed by atoms with Crippen molar-refractivity contribution in [3.8, 4) is 0 Å². The van der Waals surface area contributed by atoms with Crippen LogP contribution in [0.15, 0.2) is 53.8 Å². The maximum Gasteiger partial charge on any atom is 0.255 e. The number of aryl methyl sites for hydroxylation is 2. The third-order valence-electron chi connectivity index (χ3n) is 5.06. The molecule has 0 heterocycles. The Morgan fingerprint density at radius 3 is 1.54 bits per heavy atom. The average molecular weight is 400 g/mol. The zero-order valence-electron chi connectivity index (χ0n) is 18.5. The van der Waals surface area contributed by atoms with Gasteiger partial charge in [0, 0.05) is 42.3 Å². The second-order valence-corrected chi connectivity index (χ2v) is 11.9. The van der Waals surface area contributed by atoms with Crippen LogP contribution in [0.4, 0.5) is 0 Å². The van der Waals surface area contributed by atoms with Gasteiger partial charge in [0.05, 0.1) is 0 Å². The summed E-state index contributed by atoms with van der Waals surface area (Å²) in [6, 6.07) is 16.3. The molecule has 1 unspecified atom stereocenters. The van der Waals surface area contributed by atoms with E-state index in [1.54, 1.807) is 0 Å². The highest BCUT2D eigenvalue weighted by atomic mass is 31.2. The Kier molecular flexibility index (Phi) is 7.55. The molecular weight excluding hydrogens is 365 g/mol. The minimum Gasteiger partial charge on any atom is -0.843 e. The van der Waals surface area contributed by atoms with Gasteiger partial charge in [-0.05, 0) is 31.6 Å². The first kappa shape index (κ1) is 22.7. The van der Waals surface area contributed by atoms with Crippen LogP contribution in [0.5, 0.6) is 0 Å². The Morgan fingerprint density at radius 1 is 0.750 bits per heavy atom. The number of hydrogen-bond donors (Lipinski definition) is 0. The van der Waals surface area contributed by atoms with E-state index in [0.717, 1.165) is 22.0 Å². The van der Waals surface area contributed by atoms with E-state index in [4.69, 9.17) is 0 Å². The molecule has 4 nitrogen and oxygen atoms in total. The summed E-state index contributed by atoms with van der Waals surface area (Å²) in [5.41, 5.74) is 4.24. The summed E-state index contributed by atoms with van der Waals surface area (Å²) in [5.74, 6) is 0. The van der Waals surface area contributed by atoms with Gasteiger partial charge in [0.1, 0.15) is 5.31 Å². The fourth-order valence-electron chi connectivity index (χ4n) is 3.83. The third-order valence-corrected chi connectivity index (χ3v) is 9.46. The van der Waals surface area contributed by atoms with Crippen LogP contribution in [0, 0.1) is 13.8 Å². The fraction of sp³-hybridized carbons (Fsp3) is 0.391. The quantitative estimate of drug-likeness (QED) is 0.654. The molecule has 1 atom stereocenters. The molecule has 0 saturated heterocycles. The Balaban J connectivity index is 2.72. The van der Waals surface area contributed by atoms with Gasteiger partial charge in [0.2, 0.25) is 0 Å². The van der Waals surface area contributed by atoms with Crippen LogP contribution in [0.2, 0.25) is 0 Å². The molecule has 0 radical (unpaired) electrons. The molecule has 0 bridgehead atoms. The van der Waals surface area contributed by atoms with E-state index < -0.39 is 13.8 Å². The maximum atomic E-state index is 13.9. The molecule has 5 heteroatoms. The predicted octanol–water partition coefficient (Wildman–Crippen LogP) is 4.19. The average Bonchev–Trinajstić information content (AvgIpc) is 2.62. The van der Waals surface area contributed by atoms with E-state index >= 15 is 0 Å². The van der Waals surface area contributed by atoms with E-state index in [9.17, 15) is 5.11 Å². The molecule has 152 valence electrons. The van der Waals surface area contributed by atoms with Crippen LogP contribution in [0.1, 0.15) is 28.4 Å². The molecule has 0 aliphatic rings. The van der Waals surface area contributed by atoms with Crippen LogP contribution in [-0.4, -0.2) is 56.3 Å². The van der Waals surface area contributed by atoms with Crippen molar-refractivity contribution >= 4 is 13.8 Å². The van der Waals surface area contributed by atoms with Crippen LogP contribution in [0.3, 0.4) is 0 Å². The predicted molar refractivity (Wildman–Crippen MR) is 121 cm³/mol. The second kappa shape index (κ2) is 9.30. The molecule has 2 rings (SSSR count). The van der Waals surface area contributed by atoms with Gasteiger partial charge in [-0.3, -0.25) is 0 Å². The lowest BCUT2D eigenvalue weighted by molar-refractivity contribution is -0.410. The normalized spacial score (nSPS) is 14.2. The van der Waals surface area contributed by atoms with Crippen molar-refractivity contribution in [2.45, 2.75) is 20.0 Å². The first-order valence-electron chi connectivity index (χ1n) is 9.54. The lowest BCUT2D eigenvalue weighted by Gasteiger charge is -2.44. The van der Waals surface area contributed by atoms with Crippen molar-refractivity contribution in [3.05, 3.63) is 76.1 Å². The number of benzene rings is 2. The second-order valence-electron chi connectivity index (χ2n) is 7.88. The molecule has 0 aliphatic heterocycles. The molecule has 0 spiro atoms. The van der Waals surface area contributed by atoms with Crippen molar-refractivity contribution in [1.29, 1.82) is 0 Å². The molecule has 0 aromatic heterocycles. The van der Waals surface area contributed by atoms with Crippen LogP contribution < -0.4 is 5.11 Å². The lowest BCUT2D eigenvalue weighted by atomic mass is 10.1. The van der Waals surface area contributed by atoms with Gasteiger partial charge in [-0.25, -0.2) is 0 Å². The van der Waals surface area contributed by atoms with Crippen LogP contribution in [-0.2, 0) is 0 Å². The summed E-state index contributed by atoms with van der Waals surface area (Å²) in [7, 11) is 10.2. The summed E-state index contributed by atoms with van der Waals surface area (Å²) in [6.07, 6.45) is 1.16. The third kappa shape index (κ3) is 4.53. The van der Waals surface area contributed by atoms with Crippen molar-refractivity contribution in [2.24, 2.45) is 0 Å². The van der Waals surface area contributed by atoms with E-state index in [1.807, 2.05) is 31.2 Å². The van der Waals surface area contributed by atoms with Gasteiger partial charge >= 0.3 is 0 Å². The van der Waals surface area contributed by atoms with Crippen molar-refractivity contribution in [2.75, 3.05) is 42.3 Å². The zero-order valence-corrected chi connectivity index (χ0v) is 19.4. The Morgan fingerprint density at radius 2 is 1.14 bits per heavy atom. The molecule has 0 fully saturated rings. The first-order valence-corrected chi connectivity index (χ1v) is 11.2. The summed E-state index contributed by atoms with van der Waals surface area (Å²) in [4.78, 5) is 0. The zero-order chi connectivity index (χ0) is 21.1.